The van der Waals surface area contributed by atoms with Gasteiger partial charge in [-0.25, -0.2) is 9.98 Å². The van der Waals surface area contributed by atoms with Gasteiger partial charge < -0.3 is 25.9 Å². The molecule has 1 aliphatic carbocycles. The van der Waals surface area contributed by atoms with E-state index in [9.17, 15) is 4.79 Å². The van der Waals surface area contributed by atoms with E-state index in [1.165, 1.54) is 0 Å². The van der Waals surface area contributed by atoms with Crippen LogP contribution < -0.4 is 26.8 Å². The minimum Gasteiger partial charge on any atom is -0.497 e. The lowest BCUT2D eigenvalue weighted by atomic mass is 9.90. The standard InChI is InChI=1S/C27H31N7O3/c1-14-8-10-19-18(12-14)24(30-20-6-4-5-7-21(20)31-26(28)29)33-27(32-19)34-25(35)23-15(2)17-13-16(36-3)9-11-22(17)37-23/h8-13,20-21H,4-7H2,1-3H3,(H4,28,29,31)(H2,30,32,33,34,35)/t20-,21+/m0/s1. The van der Waals surface area contributed by atoms with Crippen molar-refractivity contribution in [2.75, 3.05) is 17.7 Å². The molecule has 6 N–H and O–H groups in total. The molecule has 0 unspecified atom stereocenters. The maximum Gasteiger partial charge on any atom is 0.294 e. The molecular formula is C27H31N7O3. The van der Waals surface area contributed by atoms with Crippen molar-refractivity contribution >= 4 is 45.5 Å². The van der Waals surface area contributed by atoms with Gasteiger partial charge in [0.15, 0.2) is 11.7 Å². The molecule has 2 atom stereocenters. The predicted molar refractivity (Wildman–Crippen MR) is 145 cm³/mol. The molecule has 2 aromatic carbocycles. The van der Waals surface area contributed by atoms with Gasteiger partial charge in [-0.3, -0.25) is 10.1 Å². The molecule has 10 nitrogen and oxygen atoms in total. The van der Waals surface area contributed by atoms with Gasteiger partial charge in [0.1, 0.15) is 17.2 Å². The quantitative estimate of drug-likeness (QED) is 0.226. The van der Waals surface area contributed by atoms with Gasteiger partial charge in [-0.05, 0) is 57.0 Å². The number of aliphatic imine (C=N–C) groups is 1. The number of aryl methyl sites for hydroxylation is 2. The van der Waals surface area contributed by atoms with Crippen LogP contribution in [0.1, 0.15) is 47.4 Å². The van der Waals surface area contributed by atoms with Crippen molar-refractivity contribution < 1.29 is 13.9 Å². The third-order valence-corrected chi connectivity index (χ3v) is 6.79. The van der Waals surface area contributed by atoms with E-state index >= 15 is 0 Å². The molecule has 1 fully saturated rings. The van der Waals surface area contributed by atoms with Crippen molar-refractivity contribution in [1.82, 2.24) is 9.97 Å². The van der Waals surface area contributed by atoms with E-state index in [4.69, 9.17) is 25.6 Å². The number of rotatable bonds is 6. The average molecular weight is 502 g/mol. The van der Waals surface area contributed by atoms with Crippen molar-refractivity contribution in [3.8, 4) is 5.75 Å². The number of aromatic nitrogens is 2. The zero-order valence-corrected chi connectivity index (χ0v) is 21.2. The molecule has 37 heavy (non-hydrogen) atoms. The Bertz CT molecular complexity index is 1510. The van der Waals surface area contributed by atoms with Crippen LogP contribution >= 0.6 is 0 Å². The van der Waals surface area contributed by atoms with Crippen molar-refractivity contribution in [2.24, 2.45) is 16.5 Å². The normalized spacial score (nSPS) is 17.5. The summed E-state index contributed by atoms with van der Waals surface area (Å²) in [6.07, 6.45) is 3.92. The summed E-state index contributed by atoms with van der Waals surface area (Å²) in [6, 6.07) is 11.3. The van der Waals surface area contributed by atoms with Crippen LogP contribution in [0.3, 0.4) is 0 Å². The predicted octanol–water partition coefficient (Wildman–Crippen LogP) is 4.25. The van der Waals surface area contributed by atoms with E-state index in [1.807, 2.05) is 38.1 Å². The van der Waals surface area contributed by atoms with Crippen LogP contribution in [-0.2, 0) is 0 Å². The molecule has 2 aromatic heterocycles. The van der Waals surface area contributed by atoms with Crippen molar-refractivity contribution in [3.63, 3.8) is 0 Å². The summed E-state index contributed by atoms with van der Waals surface area (Å²) in [4.78, 5) is 27.0. The number of carbonyl (C=O) groups is 1. The van der Waals surface area contributed by atoms with E-state index in [0.717, 1.165) is 42.0 Å². The van der Waals surface area contributed by atoms with Crippen molar-refractivity contribution in [2.45, 2.75) is 51.6 Å². The number of hydrogen-bond donors (Lipinski definition) is 4. The summed E-state index contributed by atoms with van der Waals surface area (Å²) in [5.41, 5.74) is 14.5. The molecule has 4 aromatic rings. The van der Waals surface area contributed by atoms with Crippen molar-refractivity contribution in [3.05, 3.63) is 53.3 Å². The first-order valence-corrected chi connectivity index (χ1v) is 12.3. The smallest absolute Gasteiger partial charge is 0.294 e. The van der Waals surface area contributed by atoms with Gasteiger partial charge >= 0.3 is 0 Å². The first-order chi connectivity index (χ1) is 17.8. The van der Waals surface area contributed by atoms with E-state index in [-0.39, 0.29) is 29.8 Å². The fourth-order valence-electron chi connectivity index (χ4n) is 4.91. The van der Waals surface area contributed by atoms with Gasteiger partial charge in [0.2, 0.25) is 5.95 Å². The summed E-state index contributed by atoms with van der Waals surface area (Å²) in [5.74, 6) is 1.34. The Hall–Kier alpha value is -4.34. The number of fused-ring (bicyclic) bond motifs is 2. The highest BCUT2D eigenvalue weighted by Crippen LogP contribution is 2.31. The number of carbonyl (C=O) groups excluding carboxylic acids is 1. The molecule has 1 amide bonds. The van der Waals surface area contributed by atoms with Crippen LogP contribution in [0.5, 0.6) is 5.75 Å². The molecule has 192 valence electrons. The molecule has 0 spiro atoms. The first-order valence-electron chi connectivity index (χ1n) is 12.3. The van der Waals surface area contributed by atoms with Gasteiger partial charge in [0.05, 0.1) is 24.7 Å². The number of benzene rings is 2. The highest BCUT2D eigenvalue weighted by atomic mass is 16.5. The average Bonchev–Trinajstić information content (AvgIpc) is 3.21. The molecule has 2 heterocycles. The third-order valence-electron chi connectivity index (χ3n) is 6.79. The fourth-order valence-corrected chi connectivity index (χ4v) is 4.91. The Kier molecular flexibility index (Phi) is 6.56. The van der Waals surface area contributed by atoms with Crippen LogP contribution in [0, 0.1) is 13.8 Å². The topological polar surface area (TPSA) is 154 Å². The van der Waals surface area contributed by atoms with E-state index < -0.39 is 5.91 Å². The fraction of sp³-hybridized carbons (Fsp3) is 0.333. The number of furan rings is 1. The molecule has 0 saturated heterocycles. The number of ether oxygens (including phenoxy) is 1. The van der Waals surface area contributed by atoms with Crippen LogP contribution in [0.4, 0.5) is 11.8 Å². The number of anilines is 2. The molecule has 5 rings (SSSR count). The Morgan fingerprint density at radius 3 is 2.68 bits per heavy atom. The number of nitrogens with one attached hydrogen (secondary N) is 2. The highest BCUT2D eigenvalue weighted by molar-refractivity contribution is 6.06. The monoisotopic (exact) mass is 501 g/mol. The number of methoxy groups -OCH3 is 1. The SMILES string of the molecule is COc1ccc2oc(C(=O)Nc3nc(N[C@H]4CCCC[C@H]4N=C(N)N)c4cc(C)ccc4n3)c(C)c2c1. The number of nitrogens with zero attached hydrogens (tertiary/aromatic N) is 3. The van der Waals surface area contributed by atoms with Crippen LogP contribution in [0.2, 0.25) is 0 Å². The lowest BCUT2D eigenvalue weighted by Gasteiger charge is -2.30. The number of guanidine groups is 1. The molecule has 1 saturated carbocycles. The molecule has 0 bridgehead atoms. The van der Waals surface area contributed by atoms with E-state index in [2.05, 4.69) is 20.6 Å². The number of amides is 1. The van der Waals surface area contributed by atoms with Crippen LogP contribution in [0.15, 0.2) is 45.8 Å². The minimum absolute atomic E-state index is 0.00520. The van der Waals surface area contributed by atoms with Crippen molar-refractivity contribution in [1.29, 1.82) is 0 Å². The van der Waals surface area contributed by atoms with Gasteiger partial charge in [-0.15, -0.1) is 0 Å². The molecular weight excluding hydrogens is 470 g/mol. The maximum atomic E-state index is 13.2. The summed E-state index contributed by atoms with van der Waals surface area (Å²) >= 11 is 0. The zero-order valence-electron chi connectivity index (χ0n) is 21.2. The maximum absolute atomic E-state index is 13.2. The lowest BCUT2D eigenvalue weighted by molar-refractivity contribution is 0.0997. The number of nitrogens with two attached hydrogens (primary N) is 2. The summed E-state index contributed by atoms with van der Waals surface area (Å²) < 4.78 is 11.2. The largest absolute Gasteiger partial charge is 0.497 e. The molecule has 0 radical (unpaired) electrons. The van der Waals surface area contributed by atoms with Gasteiger partial charge in [0.25, 0.3) is 5.91 Å². The Labute approximate surface area is 214 Å². The highest BCUT2D eigenvalue weighted by Gasteiger charge is 2.26. The number of hydrogen-bond acceptors (Lipinski definition) is 7. The Balaban J connectivity index is 1.49. The molecule has 10 heteroatoms. The lowest BCUT2D eigenvalue weighted by Crippen LogP contribution is -2.38. The zero-order chi connectivity index (χ0) is 26.1. The summed E-state index contributed by atoms with van der Waals surface area (Å²) in [5, 5.41) is 8.04. The Morgan fingerprint density at radius 1 is 1.08 bits per heavy atom. The molecule has 0 aliphatic heterocycles. The van der Waals surface area contributed by atoms with Crippen LogP contribution in [0.25, 0.3) is 21.9 Å². The van der Waals surface area contributed by atoms with Gasteiger partial charge in [-0.2, -0.15) is 4.98 Å². The van der Waals surface area contributed by atoms with E-state index in [0.29, 0.717) is 28.2 Å². The van der Waals surface area contributed by atoms with E-state index in [1.54, 1.807) is 19.2 Å². The van der Waals surface area contributed by atoms with Gasteiger partial charge in [0, 0.05) is 16.3 Å². The molecule has 1 aliphatic rings. The minimum atomic E-state index is -0.430. The second kappa shape index (κ2) is 9.96. The van der Waals surface area contributed by atoms with Gasteiger partial charge in [-0.1, -0.05) is 24.5 Å². The van der Waals surface area contributed by atoms with Crippen LogP contribution in [-0.4, -0.2) is 41.0 Å². The second-order valence-electron chi connectivity index (χ2n) is 9.45. The first kappa shape index (κ1) is 24.4. The summed E-state index contributed by atoms with van der Waals surface area (Å²) in [6.45, 7) is 3.85. The Morgan fingerprint density at radius 2 is 1.89 bits per heavy atom. The summed E-state index contributed by atoms with van der Waals surface area (Å²) in [7, 11) is 1.60. The third kappa shape index (κ3) is 5.00. The second-order valence-corrected chi connectivity index (χ2v) is 9.45.